The van der Waals surface area contributed by atoms with Gasteiger partial charge in [-0.05, 0) is 25.3 Å². The van der Waals surface area contributed by atoms with Crippen LogP contribution in [0.2, 0.25) is 0 Å². The maximum Gasteiger partial charge on any atom is 0.226 e. The number of aromatic nitrogens is 1. The first-order chi connectivity index (χ1) is 13.6. The predicted molar refractivity (Wildman–Crippen MR) is 109 cm³/mol. The molecule has 8 heteroatoms. The Labute approximate surface area is 168 Å². The number of hydrogen-bond acceptors (Lipinski definition) is 7. The van der Waals surface area contributed by atoms with E-state index in [4.69, 9.17) is 19.2 Å². The van der Waals surface area contributed by atoms with Crippen LogP contribution in [0.3, 0.4) is 0 Å². The SMILES string of the molecule is COc1cc(OC)c([C@@H]2CC(=O)Nc3nc(N4CCCCC4)sc32)cc1OC. The Balaban J connectivity index is 1.77. The Morgan fingerprint density at radius 3 is 2.39 bits per heavy atom. The fourth-order valence-electron chi connectivity index (χ4n) is 3.90. The third-order valence-electron chi connectivity index (χ3n) is 5.34. The van der Waals surface area contributed by atoms with E-state index < -0.39 is 0 Å². The fourth-order valence-corrected chi connectivity index (χ4v) is 5.10. The molecule has 28 heavy (non-hydrogen) atoms. The summed E-state index contributed by atoms with van der Waals surface area (Å²) in [5.74, 6) is 2.40. The molecule has 0 aliphatic carbocycles. The number of fused-ring (bicyclic) bond motifs is 1. The molecule has 0 spiro atoms. The minimum absolute atomic E-state index is 0.0372. The van der Waals surface area contributed by atoms with Crippen LogP contribution < -0.4 is 24.4 Å². The van der Waals surface area contributed by atoms with Gasteiger partial charge in [0.25, 0.3) is 0 Å². The van der Waals surface area contributed by atoms with Crippen molar-refractivity contribution in [2.75, 3.05) is 44.6 Å². The largest absolute Gasteiger partial charge is 0.496 e. The van der Waals surface area contributed by atoms with Gasteiger partial charge in [0.1, 0.15) is 11.6 Å². The minimum Gasteiger partial charge on any atom is -0.496 e. The van der Waals surface area contributed by atoms with E-state index >= 15 is 0 Å². The highest BCUT2D eigenvalue weighted by molar-refractivity contribution is 7.16. The van der Waals surface area contributed by atoms with Crippen molar-refractivity contribution in [1.82, 2.24) is 4.98 Å². The van der Waals surface area contributed by atoms with E-state index in [2.05, 4.69) is 10.2 Å². The topological polar surface area (TPSA) is 72.9 Å². The summed E-state index contributed by atoms with van der Waals surface area (Å²) in [5, 5.41) is 3.93. The van der Waals surface area contributed by atoms with Crippen LogP contribution in [-0.4, -0.2) is 45.3 Å². The van der Waals surface area contributed by atoms with Crippen LogP contribution >= 0.6 is 11.3 Å². The van der Waals surface area contributed by atoms with Crippen molar-refractivity contribution in [3.8, 4) is 17.2 Å². The molecule has 1 N–H and O–H groups in total. The number of anilines is 2. The molecule has 1 aromatic heterocycles. The second kappa shape index (κ2) is 7.87. The third kappa shape index (κ3) is 3.37. The normalized spacial score (nSPS) is 19.0. The number of methoxy groups -OCH3 is 3. The summed E-state index contributed by atoms with van der Waals surface area (Å²) in [6, 6.07) is 3.72. The van der Waals surface area contributed by atoms with E-state index in [1.807, 2.05) is 12.1 Å². The number of ether oxygens (including phenoxy) is 3. The number of hydrogen-bond donors (Lipinski definition) is 1. The lowest BCUT2D eigenvalue weighted by Crippen LogP contribution is -2.29. The highest BCUT2D eigenvalue weighted by Crippen LogP contribution is 2.48. The molecule has 2 aliphatic heterocycles. The maximum absolute atomic E-state index is 12.4. The van der Waals surface area contributed by atoms with Crippen molar-refractivity contribution < 1.29 is 19.0 Å². The standard InChI is InChI=1S/C20H25N3O4S/c1-25-14-11-16(27-3)15(26-2)9-12(14)13-10-17(24)21-19-18(13)28-20(22-19)23-7-5-4-6-8-23/h9,11,13H,4-8,10H2,1-3H3,(H,21,24)/t13-/m0/s1. The van der Waals surface area contributed by atoms with Crippen LogP contribution in [0, 0.1) is 0 Å². The summed E-state index contributed by atoms with van der Waals surface area (Å²) < 4.78 is 16.5. The molecule has 1 fully saturated rings. The van der Waals surface area contributed by atoms with Crippen LogP contribution in [0.25, 0.3) is 0 Å². The highest BCUT2D eigenvalue weighted by Gasteiger charge is 2.34. The molecular formula is C20H25N3O4S. The molecule has 0 saturated carbocycles. The van der Waals surface area contributed by atoms with Gasteiger partial charge in [-0.2, -0.15) is 0 Å². The molecule has 7 nitrogen and oxygen atoms in total. The lowest BCUT2D eigenvalue weighted by atomic mass is 9.90. The van der Waals surface area contributed by atoms with Crippen molar-refractivity contribution in [2.24, 2.45) is 0 Å². The van der Waals surface area contributed by atoms with E-state index in [1.54, 1.807) is 32.7 Å². The van der Waals surface area contributed by atoms with Crippen LogP contribution in [0.4, 0.5) is 10.9 Å². The van der Waals surface area contributed by atoms with Gasteiger partial charge in [-0.1, -0.05) is 11.3 Å². The van der Waals surface area contributed by atoms with Gasteiger partial charge in [0, 0.05) is 37.1 Å². The van der Waals surface area contributed by atoms with E-state index in [1.165, 1.54) is 19.3 Å². The van der Waals surface area contributed by atoms with Gasteiger partial charge in [-0.25, -0.2) is 4.98 Å². The molecule has 0 radical (unpaired) electrons. The van der Waals surface area contributed by atoms with E-state index in [-0.39, 0.29) is 11.8 Å². The van der Waals surface area contributed by atoms with Crippen LogP contribution in [0.1, 0.15) is 42.0 Å². The van der Waals surface area contributed by atoms with Gasteiger partial charge in [-0.3, -0.25) is 4.79 Å². The highest BCUT2D eigenvalue weighted by atomic mass is 32.1. The van der Waals surface area contributed by atoms with Gasteiger partial charge in [-0.15, -0.1) is 0 Å². The smallest absolute Gasteiger partial charge is 0.226 e. The Hall–Kier alpha value is -2.48. The Kier molecular flexibility index (Phi) is 5.30. The Morgan fingerprint density at radius 1 is 1.04 bits per heavy atom. The molecule has 0 unspecified atom stereocenters. The zero-order valence-corrected chi connectivity index (χ0v) is 17.2. The Bertz CT molecular complexity index is 877. The average Bonchev–Trinajstić information content (AvgIpc) is 3.16. The molecule has 2 aromatic rings. The van der Waals surface area contributed by atoms with Crippen LogP contribution in [0.5, 0.6) is 17.2 Å². The van der Waals surface area contributed by atoms with E-state index in [0.29, 0.717) is 29.5 Å². The number of carbonyl (C=O) groups excluding carboxylic acids is 1. The monoisotopic (exact) mass is 403 g/mol. The Morgan fingerprint density at radius 2 is 1.71 bits per heavy atom. The number of piperidine rings is 1. The number of thiazole rings is 1. The number of rotatable bonds is 5. The molecule has 1 amide bonds. The van der Waals surface area contributed by atoms with E-state index in [9.17, 15) is 4.79 Å². The minimum atomic E-state index is -0.130. The summed E-state index contributed by atoms with van der Waals surface area (Å²) in [7, 11) is 4.83. The summed E-state index contributed by atoms with van der Waals surface area (Å²) in [6.07, 6.45) is 3.98. The van der Waals surface area contributed by atoms with Crippen molar-refractivity contribution in [3.05, 3.63) is 22.6 Å². The molecule has 1 saturated heterocycles. The number of amides is 1. The van der Waals surface area contributed by atoms with Gasteiger partial charge in [0.2, 0.25) is 5.91 Å². The predicted octanol–water partition coefficient (Wildman–Crippen LogP) is 3.63. The summed E-state index contributed by atoms with van der Waals surface area (Å²) >= 11 is 1.66. The lowest BCUT2D eigenvalue weighted by Gasteiger charge is -2.25. The molecule has 0 bridgehead atoms. The zero-order chi connectivity index (χ0) is 19.7. The van der Waals surface area contributed by atoms with Gasteiger partial charge >= 0.3 is 0 Å². The summed E-state index contributed by atoms with van der Waals surface area (Å²) in [6.45, 7) is 2.04. The molecule has 3 heterocycles. The number of carbonyl (C=O) groups is 1. The van der Waals surface area contributed by atoms with Crippen molar-refractivity contribution in [2.45, 2.75) is 31.6 Å². The molecule has 4 rings (SSSR count). The lowest BCUT2D eigenvalue weighted by molar-refractivity contribution is -0.116. The quantitative estimate of drug-likeness (QED) is 0.822. The van der Waals surface area contributed by atoms with Gasteiger partial charge in [0.15, 0.2) is 16.6 Å². The first-order valence-electron chi connectivity index (χ1n) is 9.50. The number of benzene rings is 1. The number of nitrogens with one attached hydrogen (secondary N) is 1. The number of nitrogens with zero attached hydrogens (tertiary/aromatic N) is 2. The van der Waals surface area contributed by atoms with Crippen molar-refractivity contribution in [3.63, 3.8) is 0 Å². The summed E-state index contributed by atoms with van der Waals surface area (Å²) in [5.41, 5.74) is 0.907. The first kappa shape index (κ1) is 18.9. The third-order valence-corrected chi connectivity index (χ3v) is 6.57. The second-order valence-electron chi connectivity index (χ2n) is 7.01. The van der Waals surface area contributed by atoms with Crippen LogP contribution in [0.15, 0.2) is 12.1 Å². The average molecular weight is 404 g/mol. The zero-order valence-electron chi connectivity index (χ0n) is 16.4. The van der Waals surface area contributed by atoms with Crippen molar-refractivity contribution in [1.29, 1.82) is 0 Å². The van der Waals surface area contributed by atoms with Gasteiger partial charge < -0.3 is 24.4 Å². The molecule has 1 atom stereocenters. The second-order valence-corrected chi connectivity index (χ2v) is 8.02. The molecule has 2 aliphatic rings. The van der Waals surface area contributed by atoms with Gasteiger partial charge in [0.05, 0.1) is 26.2 Å². The molecular weight excluding hydrogens is 378 g/mol. The van der Waals surface area contributed by atoms with Crippen LogP contribution in [-0.2, 0) is 4.79 Å². The summed E-state index contributed by atoms with van der Waals surface area (Å²) in [4.78, 5) is 20.5. The molecule has 1 aromatic carbocycles. The fraction of sp³-hybridized carbons (Fsp3) is 0.500. The van der Waals surface area contributed by atoms with Crippen molar-refractivity contribution >= 4 is 28.2 Å². The molecule has 150 valence electrons. The van der Waals surface area contributed by atoms with E-state index in [0.717, 1.165) is 28.7 Å². The first-order valence-corrected chi connectivity index (χ1v) is 10.3. The maximum atomic E-state index is 12.4.